The summed E-state index contributed by atoms with van der Waals surface area (Å²) in [5.74, 6) is -1.26. The molecule has 0 saturated carbocycles. The smallest absolute Gasteiger partial charge is 0.387 e. The minimum absolute atomic E-state index is 0.264. The molecule has 0 radical (unpaired) electrons. The Bertz CT molecular complexity index is 1510. The van der Waals surface area contributed by atoms with E-state index in [1.807, 2.05) is 42.5 Å². The van der Waals surface area contributed by atoms with Crippen LogP contribution < -0.4 is 24.8 Å². The van der Waals surface area contributed by atoms with E-state index in [9.17, 15) is 22.8 Å². The number of alkyl halides is 4. The molecule has 1 aromatic heterocycles. The van der Waals surface area contributed by atoms with E-state index in [-0.39, 0.29) is 5.96 Å². The van der Waals surface area contributed by atoms with Gasteiger partial charge >= 0.3 is 13.2 Å². The molecule has 1 atom stereocenters. The summed E-state index contributed by atoms with van der Waals surface area (Å²) in [6, 6.07) is 23.9. The molecule has 4 rings (SSSR count). The minimum Gasteiger partial charge on any atom is -0.619 e. The normalized spacial score (nSPS) is 12.1. The molecule has 0 aliphatic heterocycles. The number of nitrogens with one attached hydrogen (secondary N) is 2. The first-order valence-corrected chi connectivity index (χ1v) is 12.6. The van der Waals surface area contributed by atoms with Crippen molar-refractivity contribution >= 4 is 11.6 Å². The molecule has 0 spiro atoms. The highest BCUT2D eigenvalue weighted by molar-refractivity contribution is 5.94. The lowest BCUT2D eigenvalue weighted by molar-refractivity contribution is -0.605. The molecule has 12 heteroatoms. The monoisotopic (exact) mass is 579 g/mol. The van der Waals surface area contributed by atoms with Gasteiger partial charge in [0.2, 0.25) is 12.2 Å². The average molecular weight is 580 g/mol. The maximum Gasteiger partial charge on any atom is 0.387 e. The lowest BCUT2D eigenvalue weighted by Crippen LogP contribution is -2.30. The second-order valence-corrected chi connectivity index (χ2v) is 8.93. The van der Waals surface area contributed by atoms with Gasteiger partial charge in [0.15, 0.2) is 23.9 Å². The fraction of sp³-hybridized carbons (Fsp3) is 0.167. The van der Waals surface area contributed by atoms with E-state index < -0.39 is 30.6 Å². The first-order chi connectivity index (χ1) is 20.3. The Balaban J connectivity index is 1.56. The third-order valence-electron chi connectivity index (χ3n) is 6.15. The summed E-state index contributed by atoms with van der Waals surface area (Å²) in [4.78, 5) is 3.80. The summed E-state index contributed by atoms with van der Waals surface area (Å²) in [7, 11) is 0. The first kappa shape index (κ1) is 29.7. The molecular formula is C30H25F4N5O3. The Kier molecular flexibility index (Phi) is 10.1. The van der Waals surface area contributed by atoms with Crippen LogP contribution in [0, 0.1) is 16.7 Å². The van der Waals surface area contributed by atoms with E-state index in [0.717, 1.165) is 17.2 Å². The van der Waals surface area contributed by atoms with Crippen molar-refractivity contribution in [2.75, 3.05) is 5.32 Å². The summed E-state index contributed by atoms with van der Waals surface area (Å²) >= 11 is 0. The number of nitrogens with zero attached hydrogens (tertiary/aromatic N) is 3. The molecule has 1 heterocycles. The van der Waals surface area contributed by atoms with Crippen molar-refractivity contribution in [1.82, 2.24) is 5.32 Å². The van der Waals surface area contributed by atoms with Crippen LogP contribution >= 0.6 is 0 Å². The Labute approximate surface area is 239 Å². The Hall–Kier alpha value is -5.31. The van der Waals surface area contributed by atoms with Gasteiger partial charge in [0.1, 0.15) is 0 Å². The molecule has 0 saturated heterocycles. The fourth-order valence-electron chi connectivity index (χ4n) is 4.25. The molecular weight excluding hydrogens is 554 g/mol. The number of nitriles is 1. The van der Waals surface area contributed by atoms with Gasteiger partial charge in [-0.15, -0.1) is 4.99 Å². The molecule has 0 amide bonds. The van der Waals surface area contributed by atoms with E-state index in [0.29, 0.717) is 34.5 Å². The van der Waals surface area contributed by atoms with Crippen LogP contribution in [0.15, 0.2) is 102 Å². The maximum atomic E-state index is 13.1. The number of ether oxygens (including phenoxy) is 2. The number of hydrogen-bond donors (Lipinski definition) is 2. The van der Waals surface area contributed by atoms with E-state index in [4.69, 9.17) is 5.26 Å². The zero-order valence-electron chi connectivity index (χ0n) is 22.0. The molecule has 3 aromatic carbocycles. The van der Waals surface area contributed by atoms with Crippen molar-refractivity contribution in [2.24, 2.45) is 4.99 Å². The Morgan fingerprint density at radius 1 is 0.833 bits per heavy atom. The molecule has 0 aliphatic carbocycles. The van der Waals surface area contributed by atoms with Crippen LogP contribution in [0.5, 0.6) is 11.5 Å². The Morgan fingerprint density at radius 3 is 2.14 bits per heavy atom. The lowest BCUT2D eigenvalue weighted by Gasteiger charge is -2.20. The number of benzene rings is 3. The van der Waals surface area contributed by atoms with E-state index in [2.05, 4.69) is 25.1 Å². The van der Waals surface area contributed by atoms with Gasteiger partial charge < -0.3 is 25.3 Å². The van der Waals surface area contributed by atoms with Crippen LogP contribution in [0.25, 0.3) is 0 Å². The molecule has 42 heavy (non-hydrogen) atoms. The van der Waals surface area contributed by atoms with Crippen molar-refractivity contribution < 1.29 is 31.8 Å². The number of halogens is 4. The lowest BCUT2D eigenvalue weighted by atomic mass is 9.86. The van der Waals surface area contributed by atoms with Crippen molar-refractivity contribution in [3.63, 3.8) is 0 Å². The van der Waals surface area contributed by atoms with Gasteiger partial charge in [-0.3, -0.25) is 0 Å². The van der Waals surface area contributed by atoms with Crippen LogP contribution in [0.1, 0.15) is 28.2 Å². The topological polar surface area (TPSA) is 106 Å². The zero-order valence-corrected chi connectivity index (χ0v) is 22.0. The SMILES string of the molecule is N#CN=C(NCc1ccccc1)Nc1ccc(C[C@H](c2cc[n+]([O-])cc2)c2ccc(OC(F)F)c(OC(F)F)c2)cc1. The number of hydrogen-bond acceptors (Lipinski definition) is 5. The third-order valence-corrected chi connectivity index (χ3v) is 6.15. The molecule has 0 fully saturated rings. The quantitative estimate of drug-likeness (QED) is 0.0570. The second kappa shape index (κ2) is 14.4. The average Bonchev–Trinajstić information content (AvgIpc) is 2.97. The van der Waals surface area contributed by atoms with Crippen molar-refractivity contribution in [3.8, 4) is 17.7 Å². The molecule has 0 bridgehead atoms. The highest BCUT2D eigenvalue weighted by Gasteiger charge is 2.21. The summed E-state index contributed by atoms with van der Waals surface area (Å²) in [5.41, 5.74) is 3.66. The summed E-state index contributed by atoms with van der Waals surface area (Å²) in [5, 5.41) is 26.9. The van der Waals surface area contributed by atoms with Gasteiger partial charge in [-0.1, -0.05) is 48.5 Å². The largest absolute Gasteiger partial charge is 0.619 e. The maximum absolute atomic E-state index is 13.1. The number of anilines is 1. The predicted molar refractivity (Wildman–Crippen MR) is 147 cm³/mol. The van der Waals surface area contributed by atoms with Gasteiger partial charge in [0.25, 0.3) is 0 Å². The number of aliphatic imine (C=N–C) groups is 1. The van der Waals surface area contributed by atoms with Crippen LogP contribution in [0.4, 0.5) is 23.2 Å². The third kappa shape index (κ3) is 8.59. The van der Waals surface area contributed by atoms with Crippen molar-refractivity contribution in [2.45, 2.75) is 32.1 Å². The minimum atomic E-state index is -3.26. The van der Waals surface area contributed by atoms with Gasteiger partial charge in [-0.05, 0) is 52.9 Å². The summed E-state index contributed by atoms with van der Waals surface area (Å²) in [6.45, 7) is -6.04. The van der Waals surface area contributed by atoms with Gasteiger partial charge in [0, 0.05) is 30.3 Å². The van der Waals surface area contributed by atoms with E-state index in [1.165, 1.54) is 24.5 Å². The van der Waals surface area contributed by atoms with Crippen LogP contribution in [0.3, 0.4) is 0 Å². The van der Waals surface area contributed by atoms with Gasteiger partial charge in [-0.25, -0.2) is 0 Å². The second-order valence-electron chi connectivity index (χ2n) is 8.93. The Morgan fingerprint density at radius 2 is 1.50 bits per heavy atom. The highest BCUT2D eigenvalue weighted by Crippen LogP contribution is 2.37. The van der Waals surface area contributed by atoms with E-state index >= 15 is 0 Å². The van der Waals surface area contributed by atoms with Crippen molar-refractivity contribution in [1.29, 1.82) is 5.26 Å². The van der Waals surface area contributed by atoms with Crippen LogP contribution in [0.2, 0.25) is 0 Å². The zero-order chi connectivity index (χ0) is 29.9. The van der Waals surface area contributed by atoms with Crippen LogP contribution in [-0.2, 0) is 13.0 Å². The molecule has 0 unspecified atom stereocenters. The van der Waals surface area contributed by atoms with Crippen molar-refractivity contribution in [3.05, 3.63) is 125 Å². The standard InChI is InChI=1S/C30H25F4N5O3/c31-28(32)41-26-11-8-23(17-27(26)42-29(33)34)25(22-12-14-39(40)15-13-22)16-20-6-9-24(10-7-20)38-30(37-19-35)36-18-21-4-2-1-3-5-21/h1-15,17,25,28-29H,16,18H2,(H2,36,37,38)/t25-/m1/s1. The summed E-state index contributed by atoms with van der Waals surface area (Å²) in [6.07, 6.45) is 4.73. The fourth-order valence-corrected chi connectivity index (χ4v) is 4.25. The first-order valence-electron chi connectivity index (χ1n) is 12.6. The molecule has 4 aromatic rings. The number of pyridine rings is 1. The number of guanidine groups is 1. The highest BCUT2D eigenvalue weighted by atomic mass is 19.3. The molecule has 8 nitrogen and oxygen atoms in total. The van der Waals surface area contributed by atoms with Crippen LogP contribution in [-0.4, -0.2) is 19.2 Å². The molecule has 2 N–H and O–H groups in total. The van der Waals surface area contributed by atoms with E-state index in [1.54, 1.807) is 30.5 Å². The number of rotatable bonds is 11. The van der Waals surface area contributed by atoms with Gasteiger partial charge in [-0.2, -0.15) is 27.6 Å². The number of aromatic nitrogens is 1. The van der Waals surface area contributed by atoms with Gasteiger partial charge in [0.05, 0.1) is 0 Å². The molecule has 0 aliphatic rings. The molecule has 216 valence electrons. The summed E-state index contributed by atoms with van der Waals surface area (Å²) < 4.78 is 61.2. The predicted octanol–water partition coefficient (Wildman–Crippen LogP) is 5.94.